The molecular weight excluding hydrogens is 202 g/mol. The van der Waals surface area contributed by atoms with Crippen molar-refractivity contribution in [1.82, 2.24) is 5.32 Å². The number of piperidine rings is 1. The van der Waals surface area contributed by atoms with Gasteiger partial charge in [-0.2, -0.15) is 11.8 Å². The molecule has 1 N–H and O–H groups in total. The summed E-state index contributed by atoms with van der Waals surface area (Å²) in [5.41, 5.74) is 0. The summed E-state index contributed by atoms with van der Waals surface area (Å²) >= 11 is 2.08. The van der Waals surface area contributed by atoms with Crippen LogP contribution in [-0.2, 0) is 0 Å². The monoisotopic (exact) mass is 223 g/mol. The molecule has 13 heavy (non-hydrogen) atoms. The maximum Gasteiger partial charge on any atom is 0.00749 e. The Bertz CT molecular complexity index is 113. The Morgan fingerprint density at radius 1 is 1.38 bits per heavy atom. The SMILES string of the molecule is CC(C)SCCC1CCCCN1.Cl. The molecule has 1 saturated heterocycles. The molecule has 1 rings (SSSR count). The molecule has 0 aromatic heterocycles. The predicted molar refractivity (Wildman–Crippen MR) is 65.1 cm³/mol. The van der Waals surface area contributed by atoms with Crippen LogP contribution in [0, 0.1) is 0 Å². The summed E-state index contributed by atoms with van der Waals surface area (Å²) in [5, 5.41) is 4.38. The highest BCUT2D eigenvalue weighted by molar-refractivity contribution is 7.99. The van der Waals surface area contributed by atoms with Crippen LogP contribution in [0.4, 0.5) is 0 Å². The molecule has 1 aliphatic heterocycles. The minimum Gasteiger partial charge on any atom is -0.314 e. The Hall–Kier alpha value is 0.600. The molecule has 0 spiro atoms. The summed E-state index contributed by atoms with van der Waals surface area (Å²) in [6, 6.07) is 0.824. The third-order valence-electron chi connectivity index (χ3n) is 2.33. The molecule has 3 heteroatoms. The number of hydrogen-bond donors (Lipinski definition) is 1. The fraction of sp³-hybridized carbons (Fsp3) is 1.00. The fourth-order valence-electron chi connectivity index (χ4n) is 1.62. The first-order valence-corrected chi connectivity index (χ1v) is 6.19. The van der Waals surface area contributed by atoms with Crippen molar-refractivity contribution in [2.24, 2.45) is 0 Å². The lowest BCUT2D eigenvalue weighted by atomic mass is 10.0. The third kappa shape index (κ3) is 6.64. The van der Waals surface area contributed by atoms with Gasteiger partial charge >= 0.3 is 0 Å². The zero-order valence-electron chi connectivity index (χ0n) is 8.71. The van der Waals surface area contributed by atoms with Crippen LogP contribution in [0.5, 0.6) is 0 Å². The Balaban J connectivity index is 0.00000144. The van der Waals surface area contributed by atoms with Gasteiger partial charge < -0.3 is 5.32 Å². The summed E-state index contributed by atoms with van der Waals surface area (Å²) in [4.78, 5) is 0. The normalized spacial score (nSPS) is 22.8. The predicted octanol–water partition coefficient (Wildman–Crippen LogP) is 3.08. The van der Waals surface area contributed by atoms with Crippen molar-refractivity contribution in [3.8, 4) is 0 Å². The van der Waals surface area contributed by atoms with Crippen LogP contribution in [0.15, 0.2) is 0 Å². The largest absolute Gasteiger partial charge is 0.314 e. The van der Waals surface area contributed by atoms with Crippen LogP contribution >= 0.6 is 24.2 Å². The second-order valence-electron chi connectivity index (χ2n) is 3.86. The smallest absolute Gasteiger partial charge is 0.00749 e. The molecule has 0 aliphatic carbocycles. The summed E-state index contributed by atoms with van der Waals surface area (Å²) < 4.78 is 0. The van der Waals surface area contributed by atoms with E-state index >= 15 is 0 Å². The Kier molecular flexibility index (Phi) is 8.32. The van der Waals surface area contributed by atoms with Crippen LogP contribution < -0.4 is 5.32 Å². The Labute approximate surface area is 92.8 Å². The van der Waals surface area contributed by atoms with E-state index in [0.717, 1.165) is 11.3 Å². The number of hydrogen-bond acceptors (Lipinski definition) is 2. The molecule has 1 atom stereocenters. The van der Waals surface area contributed by atoms with E-state index in [1.54, 1.807) is 0 Å². The van der Waals surface area contributed by atoms with Crippen LogP contribution in [0.1, 0.15) is 39.5 Å². The highest BCUT2D eigenvalue weighted by atomic mass is 35.5. The summed E-state index contributed by atoms with van der Waals surface area (Å²) in [5.74, 6) is 1.33. The summed E-state index contributed by atoms with van der Waals surface area (Å²) in [7, 11) is 0. The lowest BCUT2D eigenvalue weighted by Gasteiger charge is -2.23. The highest BCUT2D eigenvalue weighted by Gasteiger charge is 2.11. The second-order valence-corrected chi connectivity index (χ2v) is 5.54. The van der Waals surface area contributed by atoms with Gasteiger partial charge in [-0.1, -0.05) is 20.3 Å². The Morgan fingerprint density at radius 3 is 2.69 bits per heavy atom. The van der Waals surface area contributed by atoms with Gasteiger partial charge in [-0.25, -0.2) is 0 Å². The minimum absolute atomic E-state index is 0. The van der Waals surface area contributed by atoms with Gasteiger partial charge in [0.15, 0.2) is 0 Å². The lowest BCUT2D eigenvalue weighted by Crippen LogP contribution is -2.34. The van der Waals surface area contributed by atoms with E-state index in [1.807, 2.05) is 0 Å². The number of halogens is 1. The van der Waals surface area contributed by atoms with Crippen molar-refractivity contribution in [2.75, 3.05) is 12.3 Å². The van der Waals surface area contributed by atoms with E-state index in [4.69, 9.17) is 0 Å². The van der Waals surface area contributed by atoms with Crippen LogP contribution in [-0.4, -0.2) is 23.6 Å². The molecule has 1 fully saturated rings. The van der Waals surface area contributed by atoms with E-state index in [0.29, 0.717) is 0 Å². The van der Waals surface area contributed by atoms with Gasteiger partial charge in [-0.3, -0.25) is 0 Å². The number of rotatable bonds is 4. The highest BCUT2D eigenvalue weighted by Crippen LogP contribution is 2.15. The molecule has 0 bridgehead atoms. The molecule has 80 valence electrons. The van der Waals surface area contributed by atoms with E-state index < -0.39 is 0 Å². The van der Waals surface area contributed by atoms with Crippen LogP contribution in [0.25, 0.3) is 0 Å². The maximum absolute atomic E-state index is 3.58. The fourth-order valence-corrected chi connectivity index (χ4v) is 2.51. The molecule has 1 unspecified atom stereocenters. The summed E-state index contributed by atoms with van der Waals surface area (Å²) in [6.07, 6.45) is 5.58. The average molecular weight is 224 g/mol. The molecule has 0 saturated carbocycles. The van der Waals surface area contributed by atoms with E-state index in [-0.39, 0.29) is 12.4 Å². The van der Waals surface area contributed by atoms with Crippen molar-refractivity contribution in [3.63, 3.8) is 0 Å². The first kappa shape index (κ1) is 13.6. The number of nitrogens with one attached hydrogen (secondary N) is 1. The Morgan fingerprint density at radius 2 is 2.15 bits per heavy atom. The van der Waals surface area contributed by atoms with Crippen molar-refractivity contribution >= 4 is 24.2 Å². The third-order valence-corrected chi connectivity index (χ3v) is 3.47. The molecule has 1 aliphatic rings. The van der Waals surface area contributed by atoms with Crippen molar-refractivity contribution < 1.29 is 0 Å². The van der Waals surface area contributed by atoms with Crippen molar-refractivity contribution in [3.05, 3.63) is 0 Å². The lowest BCUT2D eigenvalue weighted by molar-refractivity contribution is 0.394. The topological polar surface area (TPSA) is 12.0 Å². The maximum atomic E-state index is 3.58. The van der Waals surface area contributed by atoms with Gasteiger partial charge in [0.1, 0.15) is 0 Å². The summed E-state index contributed by atoms with van der Waals surface area (Å²) in [6.45, 7) is 5.80. The molecule has 0 aromatic carbocycles. The van der Waals surface area contributed by atoms with E-state index in [1.165, 1.54) is 38.0 Å². The molecule has 0 radical (unpaired) electrons. The van der Waals surface area contributed by atoms with Gasteiger partial charge in [-0.05, 0) is 36.8 Å². The average Bonchev–Trinajstić information content (AvgIpc) is 2.05. The first-order valence-electron chi connectivity index (χ1n) is 5.14. The van der Waals surface area contributed by atoms with Gasteiger partial charge in [0.05, 0.1) is 0 Å². The standard InChI is InChI=1S/C10H21NS.ClH/c1-9(2)12-8-6-10-5-3-4-7-11-10;/h9-11H,3-8H2,1-2H3;1H. The van der Waals surface area contributed by atoms with Crippen LogP contribution in [0.3, 0.4) is 0 Å². The van der Waals surface area contributed by atoms with Gasteiger partial charge in [0.25, 0.3) is 0 Å². The number of thioether (sulfide) groups is 1. The molecule has 0 amide bonds. The van der Waals surface area contributed by atoms with E-state index in [9.17, 15) is 0 Å². The zero-order chi connectivity index (χ0) is 8.81. The quantitative estimate of drug-likeness (QED) is 0.786. The second kappa shape index (κ2) is 7.95. The molecule has 1 nitrogen and oxygen atoms in total. The van der Waals surface area contributed by atoms with Crippen molar-refractivity contribution in [1.29, 1.82) is 0 Å². The van der Waals surface area contributed by atoms with Crippen LogP contribution in [0.2, 0.25) is 0 Å². The molecule has 1 heterocycles. The zero-order valence-corrected chi connectivity index (χ0v) is 10.3. The van der Waals surface area contributed by atoms with Gasteiger partial charge in [0.2, 0.25) is 0 Å². The molecular formula is C10H22ClNS. The molecule has 0 aromatic rings. The first-order chi connectivity index (χ1) is 5.79. The van der Waals surface area contributed by atoms with E-state index in [2.05, 4.69) is 30.9 Å². The minimum atomic E-state index is 0. The van der Waals surface area contributed by atoms with Crippen molar-refractivity contribution in [2.45, 2.75) is 50.8 Å². The van der Waals surface area contributed by atoms with Gasteiger partial charge in [-0.15, -0.1) is 12.4 Å². The van der Waals surface area contributed by atoms with Gasteiger partial charge in [0, 0.05) is 6.04 Å².